The smallest absolute Gasteiger partial charge is 0.253 e. The lowest BCUT2D eigenvalue weighted by molar-refractivity contribution is 0.0952. The van der Waals surface area contributed by atoms with Crippen molar-refractivity contribution in [2.24, 2.45) is 11.8 Å². The fourth-order valence-corrected chi connectivity index (χ4v) is 2.12. The molecule has 1 aromatic carbocycles. The highest BCUT2D eigenvalue weighted by molar-refractivity contribution is 5.99. The van der Waals surface area contributed by atoms with Crippen LogP contribution in [-0.2, 0) is 0 Å². The van der Waals surface area contributed by atoms with E-state index in [1.54, 1.807) is 0 Å². The average Bonchev–Trinajstić information content (AvgIpc) is 3.02. The maximum Gasteiger partial charge on any atom is 0.253 e. The van der Waals surface area contributed by atoms with E-state index in [0.29, 0.717) is 12.0 Å². The van der Waals surface area contributed by atoms with Crippen molar-refractivity contribution in [3.05, 3.63) is 29.8 Å². The predicted molar refractivity (Wildman–Crippen MR) is 74.8 cm³/mol. The molecule has 1 aliphatic carbocycles. The van der Waals surface area contributed by atoms with Gasteiger partial charge in [-0.05, 0) is 44.2 Å². The van der Waals surface area contributed by atoms with Gasteiger partial charge in [0.2, 0.25) is 0 Å². The number of nitrogens with one attached hydrogen (secondary N) is 2. The molecule has 0 spiro atoms. The number of para-hydroxylation sites is 1. The van der Waals surface area contributed by atoms with Crippen molar-refractivity contribution in [2.75, 3.05) is 11.9 Å². The molecule has 0 radical (unpaired) electrons. The van der Waals surface area contributed by atoms with E-state index in [2.05, 4.69) is 31.4 Å². The van der Waals surface area contributed by atoms with Gasteiger partial charge in [-0.1, -0.05) is 19.1 Å². The van der Waals surface area contributed by atoms with E-state index in [1.807, 2.05) is 24.3 Å². The van der Waals surface area contributed by atoms with Crippen LogP contribution in [0, 0.1) is 11.8 Å². The highest BCUT2D eigenvalue weighted by atomic mass is 16.1. The minimum atomic E-state index is 0.0258. The van der Waals surface area contributed by atoms with Crippen LogP contribution >= 0.6 is 0 Å². The second-order valence-electron chi connectivity index (χ2n) is 5.53. The lowest BCUT2D eigenvalue weighted by atomic mass is 10.1. The Kier molecular flexibility index (Phi) is 3.90. The number of hydrogen-bond acceptors (Lipinski definition) is 2. The Balaban J connectivity index is 1.99. The van der Waals surface area contributed by atoms with Crippen LogP contribution in [0.1, 0.15) is 37.6 Å². The summed E-state index contributed by atoms with van der Waals surface area (Å²) in [7, 11) is 0. The van der Waals surface area contributed by atoms with Crippen molar-refractivity contribution in [1.29, 1.82) is 0 Å². The number of carbonyl (C=O) groups excluding carboxylic acids is 1. The second-order valence-corrected chi connectivity index (χ2v) is 5.53. The highest BCUT2D eigenvalue weighted by Gasteiger charge is 2.32. The SMILES string of the molecule is CC(C)Nc1ccccc1C(=O)NCC1CC1C. The van der Waals surface area contributed by atoms with Gasteiger partial charge in [0.1, 0.15) is 0 Å². The van der Waals surface area contributed by atoms with E-state index in [4.69, 9.17) is 0 Å². The standard InChI is InChI=1S/C15H22N2O/c1-10(2)17-14-7-5-4-6-13(14)15(18)16-9-12-8-11(12)3/h4-7,10-12,17H,8-9H2,1-3H3,(H,16,18). The Morgan fingerprint density at radius 1 is 1.39 bits per heavy atom. The van der Waals surface area contributed by atoms with Crippen LogP contribution in [0.3, 0.4) is 0 Å². The molecule has 3 nitrogen and oxygen atoms in total. The fraction of sp³-hybridized carbons (Fsp3) is 0.533. The maximum atomic E-state index is 12.1. The molecule has 0 saturated heterocycles. The Bertz CT molecular complexity index is 428. The molecule has 0 aromatic heterocycles. The van der Waals surface area contributed by atoms with Crippen LogP contribution in [0.2, 0.25) is 0 Å². The third kappa shape index (κ3) is 3.25. The molecule has 0 aliphatic heterocycles. The fourth-order valence-electron chi connectivity index (χ4n) is 2.12. The molecule has 18 heavy (non-hydrogen) atoms. The first-order valence-corrected chi connectivity index (χ1v) is 6.71. The van der Waals surface area contributed by atoms with Crippen molar-refractivity contribution >= 4 is 11.6 Å². The molecule has 1 aromatic rings. The molecule has 98 valence electrons. The topological polar surface area (TPSA) is 41.1 Å². The molecule has 2 rings (SSSR count). The third-order valence-electron chi connectivity index (χ3n) is 3.42. The van der Waals surface area contributed by atoms with Crippen LogP contribution in [-0.4, -0.2) is 18.5 Å². The van der Waals surface area contributed by atoms with Crippen LogP contribution < -0.4 is 10.6 Å². The number of amides is 1. The molecule has 1 aliphatic rings. The summed E-state index contributed by atoms with van der Waals surface area (Å²) in [6.45, 7) is 7.17. The van der Waals surface area contributed by atoms with Crippen LogP contribution in [0.15, 0.2) is 24.3 Å². The largest absolute Gasteiger partial charge is 0.382 e. The van der Waals surface area contributed by atoms with Gasteiger partial charge in [0.05, 0.1) is 5.56 Å². The molecule has 2 unspecified atom stereocenters. The van der Waals surface area contributed by atoms with Crippen molar-refractivity contribution in [1.82, 2.24) is 5.32 Å². The van der Waals surface area contributed by atoms with Gasteiger partial charge in [-0.3, -0.25) is 4.79 Å². The lowest BCUT2D eigenvalue weighted by Crippen LogP contribution is -2.27. The average molecular weight is 246 g/mol. The van der Waals surface area contributed by atoms with E-state index in [9.17, 15) is 4.79 Å². The van der Waals surface area contributed by atoms with Gasteiger partial charge in [0.15, 0.2) is 0 Å². The summed E-state index contributed by atoms with van der Waals surface area (Å²) in [5, 5.41) is 6.33. The summed E-state index contributed by atoms with van der Waals surface area (Å²) in [4.78, 5) is 12.1. The minimum absolute atomic E-state index is 0.0258. The monoisotopic (exact) mass is 246 g/mol. The number of carbonyl (C=O) groups is 1. The first kappa shape index (κ1) is 12.9. The van der Waals surface area contributed by atoms with Crippen LogP contribution in [0.4, 0.5) is 5.69 Å². The predicted octanol–water partition coefficient (Wildman–Crippen LogP) is 2.89. The lowest BCUT2D eigenvalue weighted by Gasteiger charge is -2.14. The Labute approximate surface area is 109 Å². The molecule has 1 amide bonds. The molecule has 2 N–H and O–H groups in total. The normalized spacial score (nSPS) is 21.8. The van der Waals surface area contributed by atoms with E-state index in [0.717, 1.165) is 23.7 Å². The van der Waals surface area contributed by atoms with Gasteiger partial charge >= 0.3 is 0 Å². The summed E-state index contributed by atoms with van der Waals surface area (Å²) in [6, 6.07) is 8.00. The molecule has 0 bridgehead atoms. The van der Waals surface area contributed by atoms with Crippen molar-refractivity contribution in [3.8, 4) is 0 Å². The van der Waals surface area contributed by atoms with Gasteiger partial charge in [0.25, 0.3) is 5.91 Å². The van der Waals surface area contributed by atoms with E-state index < -0.39 is 0 Å². The zero-order chi connectivity index (χ0) is 13.1. The number of rotatable bonds is 5. The summed E-state index contributed by atoms with van der Waals surface area (Å²) in [5.74, 6) is 1.48. The Morgan fingerprint density at radius 2 is 2.06 bits per heavy atom. The van der Waals surface area contributed by atoms with Gasteiger partial charge in [-0.15, -0.1) is 0 Å². The summed E-state index contributed by atoms with van der Waals surface area (Å²) in [6.07, 6.45) is 1.24. The number of benzene rings is 1. The molecule has 2 atom stereocenters. The summed E-state index contributed by atoms with van der Waals surface area (Å²) < 4.78 is 0. The molecule has 0 heterocycles. The first-order chi connectivity index (χ1) is 8.58. The van der Waals surface area contributed by atoms with E-state index >= 15 is 0 Å². The van der Waals surface area contributed by atoms with Crippen molar-refractivity contribution in [3.63, 3.8) is 0 Å². The molecule has 3 heteroatoms. The highest BCUT2D eigenvalue weighted by Crippen LogP contribution is 2.36. The van der Waals surface area contributed by atoms with Gasteiger partial charge in [-0.2, -0.15) is 0 Å². The zero-order valence-corrected chi connectivity index (χ0v) is 11.4. The maximum absolute atomic E-state index is 12.1. The zero-order valence-electron chi connectivity index (χ0n) is 11.4. The molecular weight excluding hydrogens is 224 g/mol. The van der Waals surface area contributed by atoms with Crippen molar-refractivity contribution in [2.45, 2.75) is 33.2 Å². The summed E-state index contributed by atoms with van der Waals surface area (Å²) in [5.41, 5.74) is 1.65. The minimum Gasteiger partial charge on any atom is -0.382 e. The van der Waals surface area contributed by atoms with Crippen LogP contribution in [0.25, 0.3) is 0 Å². The Hall–Kier alpha value is -1.51. The van der Waals surface area contributed by atoms with E-state index in [1.165, 1.54) is 6.42 Å². The van der Waals surface area contributed by atoms with Gasteiger partial charge < -0.3 is 10.6 Å². The van der Waals surface area contributed by atoms with Gasteiger partial charge in [-0.25, -0.2) is 0 Å². The first-order valence-electron chi connectivity index (χ1n) is 6.71. The van der Waals surface area contributed by atoms with Crippen molar-refractivity contribution < 1.29 is 4.79 Å². The van der Waals surface area contributed by atoms with Gasteiger partial charge in [0, 0.05) is 18.3 Å². The summed E-state index contributed by atoms with van der Waals surface area (Å²) >= 11 is 0. The molecular formula is C15H22N2O. The van der Waals surface area contributed by atoms with Crippen LogP contribution in [0.5, 0.6) is 0 Å². The second kappa shape index (κ2) is 5.42. The molecule has 1 saturated carbocycles. The van der Waals surface area contributed by atoms with E-state index in [-0.39, 0.29) is 5.91 Å². The number of anilines is 1. The third-order valence-corrected chi connectivity index (χ3v) is 3.42. The number of hydrogen-bond donors (Lipinski definition) is 2. The quantitative estimate of drug-likeness (QED) is 0.838. The molecule has 1 fully saturated rings. The Morgan fingerprint density at radius 3 is 2.67 bits per heavy atom.